The summed E-state index contributed by atoms with van der Waals surface area (Å²) in [7, 11) is 2.10. The first-order valence-electron chi connectivity index (χ1n) is 4.55. The smallest absolute Gasteiger partial charge is 0.114 e. The molecule has 1 fully saturated rings. The summed E-state index contributed by atoms with van der Waals surface area (Å²) in [6, 6.07) is 0. The van der Waals surface area contributed by atoms with E-state index in [0.29, 0.717) is 0 Å². The lowest BCUT2D eigenvalue weighted by atomic mass is 10.3. The summed E-state index contributed by atoms with van der Waals surface area (Å²) in [5.41, 5.74) is 16.6. The number of hydrogen-bond acceptors (Lipinski definition) is 6. The molecule has 1 aliphatic heterocycles. The van der Waals surface area contributed by atoms with Crippen molar-refractivity contribution in [3.05, 3.63) is 0 Å². The minimum Gasteiger partial charge on any atom is -0.304 e. The molecular weight excluding hydrogens is 168 g/mol. The number of nitrogens with two attached hydrogens (primary N) is 3. The third-order valence-corrected chi connectivity index (χ3v) is 2.29. The van der Waals surface area contributed by atoms with Crippen molar-refractivity contribution in [2.24, 2.45) is 17.2 Å². The zero-order chi connectivity index (χ0) is 9.84. The molecule has 6 heteroatoms. The van der Waals surface area contributed by atoms with Gasteiger partial charge in [-0.15, -0.1) is 0 Å². The molecule has 1 atom stereocenters. The van der Waals surface area contributed by atoms with Crippen molar-refractivity contribution in [3.8, 4) is 0 Å². The molecule has 1 heterocycles. The zero-order valence-electron chi connectivity index (χ0n) is 8.11. The predicted molar refractivity (Wildman–Crippen MR) is 52.3 cm³/mol. The van der Waals surface area contributed by atoms with Crippen LogP contribution in [-0.4, -0.2) is 55.6 Å². The predicted octanol–water partition coefficient (Wildman–Crippen LogP) is -2.73. The lowest BCUT2D eigenvalue weighted by Gasteiger charge is -2.36. The molecule has 0 radical (unpaired) electrons. The first kappa shape index (κ1) is 10.8. The average Bonchev–Trinajstić information content (AvgIpc) is 2.04. The maximum atomic E-state index is 5.83. The van der Waals surface area contributed by atoms with Gasteiger partial charge in [0.2, 0.25) is 0 Å². The summed E-state index contributed by atoms with van der Waals surface area (Å²) >= 11 is 0. The Kier molecular flexibility index (Phi) is 4.04. The molecule has 6 nitrogen and oxygen atoms in total. The molecule has 1 saturated heterocycles. The van der Waals surface area contributed by atoms with Crippen molar-refractivity contribution in [2.45, 2.75) is 12.6 Å². The summed E-state index contributed by atoms with van der Waals surface area (Å²) in [4.78, 5) is 4.40. The second-order valence-electron chi connectivity index (χ2n) is 3.48. The van der Waals surface area contributed by atoms with Gasteiger partial charge in [-0.25, -0.2) is 0 Å². The van der Waals surface area contributed by atoms with Crippen molar-refractivity contribution < 1.29 is 0 Å². The van der Waals surface area contributed by atoms with E-state index in [2.05, 4.69) is 22.2 Å². The molecule has 13 heavy (non-hydrogen) atoms. The van der Waals surface area contributed by atoms with E-state index < -0.39 is 6.29 Å². The molecular formula is C7H20N6. The fourth-order valence-electron chi connectivity index (χ4n) is 1.40. The van der Waals surface area contributed by atoms with Gasteiger partial charge < -0.3 is 22.1 Å². The first-order valence-corrected chi connectivity index (χ1v) is 4.55. The van der Waals surface area contributed by atoms with Crippen LogP contribution < -0.4 is 22.5 Å². The highest BCUT2D eigenvalue weighted by Gasteiger charge is 2.19. The van der Waals surface area contributed by atoms with Gasteiger partial charge in [0, 0.05) is 26.2 Å². The quantitative estimate of drug-likeness (QED) is 0.359. The molecule has 1 unspecified atom stereocenters. The molecule has 1 aliphatic rings. The van der Waals surface area contributed by atoms with Gasteiger partial charge in [0.05, 0.1) is 0 Å². The average molecular weight is 188 g/mol. The van der Waals surface area contributed by atoms with E-state index in [4.69, 9.17) is 17.2 Å². The highest BCUT2D eigenvalue weighted by atomic mass is 15.4. The molecule has 0 aliphatic carbocycles. The van der Waals surface area contributed by atoms with Gasteiger partial charge in [-0.05, 0) is 7.05 Å². The standard InChI is InChI=1S/C7H20N6/c1-12-2-4-13(5-3-12)7(10)11-6(8)9/h6-7,11H,2-5,8-10H2,1H3. The Bertz CT molecular complexity index is 142. The van der Waals surface area contributed by atoms with Crippen LogP contribution in [0.2, 0.25) is 0 Å². The molecule has 78 valence electrons. The van der Waals surface area contributed by atoms with E-state index in [0.717, 1.165) is 26.2 Å². The minimum atomic E-state index is -0.547. The Morgan fingerprint density at radius 2 is 1.62 bits per heavy atom. The largest absolute Gasteiger partial charge is 0.304 e. The highest BCUT2D eigenvalue weighted by Crippen LogP contribution is 1.99. The number of nitrogens with zero attached hydrogens (tertiary/aromatic N) is 2. The highest BCUT2D eigenvalue weighted by molar-refractivity contribution is 4.73. The zero-order valence-corrected chi connectivity index (χ0v) is 8.11. The van der Waals surface area contributed by atoms with E-state index in [1.807, 2.05) is 0 Å². The lowest BCUT2D eigenvalue weighted by Crippen LogP contribution is -2.63. The minimum absolute atomic E-state index is 0.228. The summed E-state index contributed by atoms with van der Waals surface area (Å²) < 4.78 is 0. The third-order valence-electron chi connectivity index (χ3n) is 2.29. The summed E-state index contributed by atoms with van der Waals surface area (Å²) in [6.45, 7) is 3.99. The van der Waals surface area contributed by atoms with E-state index >= 15 is 0 Å². The lowest BCUT2D eigenvalue weighted by molar-refractivity contribution is 0.0908. The Hall–Kier alpha value is -0.240. The normalized spacial score (nSPS) is 23.8. The fourth-order valence-corrected chi connectivity index (χ4v) is 1.40. The van der Waals surface area contributed by atoms with Gasteiger partial charge in [-0.2, -0.15) is 0 Å². The first-order chi connectivity index (χ1) is 6.09. The van der Waals surface area contributed by atoms with E-state index in [-0.39, 0.29) is 6.29 Å². The van der Waals surface area contributed by atoms with E-state index in [1.54, 1.807) is 0 Å². The van der Waals surface area contributed by atoms with Crippen molar-refractivity contribution in [2.75, 3.05) is 33.2 Å². The maximum absolute atomic E-state index is 5.83. The van der Waals surface area contributed by atoms with Gasteiger partial charge in [-0.1, -0.05) is 0 Å². The molecule has 0 aromatic heterocycles. The Morgan fingerprint density at radius 3 is 2.08 bits per heavy atom. The SMILES string of the molecule is CN1CCN(C(N)NC(N)N)CC1. The molecule has 0 spiro atoms. The van der Waals surface area contributed by atoms with Crippen LogP contribution in [0.5, 0.6) is 0 Å². The van der Waals surface area contributed by atoms with E-state index in [1.165, 1.54) is 0 Å². The maximum Gasteiger partial charge on any atom is 0.114 e. The second-order valence-corrected chi connectivity index (χ2v) is 3.48. The van der Waals surface area contributed by atoms with Crippen LogP contribution in [0.1, 0.15) is 0 Å². The number of piperazine rings is 1. The van der Waals surface area contributed by atoms with Crippen molar-refractivity contribution in [3.63, 3.8) is 0 Å². The molecule has 0 aromatic carbocycles. The van der Waals surface area contributed by atoms with Crippen molar-refractivity contribution in [1.82, 2.24) is 15.1 Å². The van der Waals surface area contributed by atoms with Crippen LogP contribution in [0.25, 0.3) is 0 Å². The monoisotopic (exact) mass is 188 g/mol. The van der Waals surface area contributed by atoms with Crippen LogP contribution in [0.15, 0.2) is 0 Å². The molecule has 0 aromatic rings. The second kappa shape index (κ2) is 4.85. The Labute approximate surface area is 79.0 Å². The summed E-state index contributed by atoms with van der Waals surface area (Å²) in [5.74, 6) is 0. The topological polar surface area (TPSA) is 96.6 Å². The number of likely N-dealkylation sites (N-methyl/N-ethyl adjacent to an activating group) is 1. The fraction of sp³-hybridized carbons (Fsp3) is 1.00. The van der Waals surface area contributed by atoms with Crippen LogP contribution in [-0.2, 0) is 0 Å². The molecule has 0 bridgehead atoms. The van der Waals surface area contributed by atoms with Crippen LogP contribution in [0, 0.1) is 0 Å². The van der Waals surface area contributed by atoms with Gasteiger partial charge in [0.15, 0.2) is 0 Å². The number of hydrogen-bond donors (Lipinski definition) is 4. The van der Waals surface area contributed by atoms with Gasteiger partial charge in [0.1, 0.15) is 12.6 Å². The summed E-state index contributed by atoms with van der Waals surface area (Å²) in [6.07, 6.45) is -0.775. The molecule has 0 saturated carbocycles. The van der Waals surface area contributed by atoms with Gasteiger partial charge in [-0.3, -0.25) is 10.2 Å². The van der Waals surface area contributed by atoms with Crippen LogP contribution >= 0.6 is 0 Å². The Morgan fingerprint density at radius 1 is 1.08 bits per heavy atom. The molecule has 7 N–H and O–H groups in total. The van der Waals surface area contributed by atoms with Crippen LogP contribution in [0.4, 0.5) is 0 Å². The molecule has 0 amide bonds. The van der Waals surface area contributed by atoms with Gasteiger partial charge >= 0.3 is 0 Å². The summed E-state index contributed by atoms with van der Waals surface area (Å²) in [5, 5.41) is 2.87. The van der Waals surface area contributed by atoms with E-state index in [9.17, 15) is 0 Å². The molecule has 1 rings (SSSR count). The Balaban J connectivity index is 2.27. The number of nitrogens with one attached hydrogen (secondary N) is 1. The van der Waals surface area contributed by atoms with Gasteiger partial charge in [0.25, 0.3) is 0 Å². The van der Waals surface area contributed by atoms with Crippen LogP contribution in [0.3, 0.4) is 0 Å². The van der Waals surface area contributed by atoms with Crippen molar-refractivity contribution >= 4 is 0 Å². The van der Waals surface area contributed by atoms with Crippen molar-refractivity contribution in [1.29, 1.82) is 0 Å². The third kappa shape index (κ3) is 3.55. The number of rotatable bonds is 3.